The molecule has 0 aliphatic heterocycles. The molecule has 2 unspecified atom stereocenters. The van der Waals surface area contributed by atoms with Crippen molar-refractivity contribution in [3.63, 3.8) is 0 Å². The Kier molecular flexibility index (Phi) is 4.72. The van der Waals surface area contributed by atoms with E-state index >= 15 is 0 Å². The third-order valence-electron chi connectivity index (χ3n) is 3.32. The quantitative estimate of drug-likeness (QED) is 0.886. The van der Waals surface area contributed by atoms with Gasteiger partial charge < -0.3 is 5.32 Å². The highest BCUT2D eigenvalue weighted by Gasteiger charge is 2.14. The summed E-state index contributed by atoms with van der Waals surface area (Å²) in [6.45, 7) is 3.99. The lowest BCUT2D eigenvalue weighted by Gasteiger charge is -2.20. The molecule has 2 atom stereocenters. The molecule has 2 aromatic rings. The number of nitrogens with two attached hydrogens (primary N) is 1. The molecule has 0 radical (unpaired) electrons. The van der Waals surface area contributed by atoms with Gasteiger partial charge in [0.15, 0.2) is 0 Å². The molecule has 112 valence electrons. The van der Waals surface area contributed by atoms with E-state index in [4.69, 9.17) is 5.14 Å². The fraction of sp³-hybridized carbons (Fsp3) is 0.267. The summed E-state index contributed by atoms with van der Waals surface area (Å²) >= 11 is 0. The summed E-state index contributed by atoms with van der Waals surface area (Å²) in [5, 5.41) is 8.55. The first-order valence-electron chi connectivity index (χ1n) is 6.67. The predicted molar refractivity (Wildman–Crippen MR) is 82.0 cm³/mol. The van der Waals surface area contributed by atoms with Crippen LogP contribution in [0.1, 0.15) is 37.2 Å². The van der Waals surface area contributed by atoms with Crippen LogP contribution in [0.15, 0.2) is 53.6 Å². The number of hydrogen-bond donors (Lipinski definition) is 2. The van der Waals surface area contributed by atoms with E-state index in [1.807, 2.05) is 38.1 Å². The van der Waals surface area contributed by atoms with Gasteiger partial charge in [-0.15, -0.1) is 0 Å². The molecular formula is C15H19N3O2S. The van der Waals surface area contributed by atoms with Gasteiger partial charge in [0.25, 0.3) is 0 Å². The number of sulfonamides is 1. The molecule has 21 heavy (non-hydrogen) atoms. The van der Waals surface area contributed by atoms with Gasteiger partial charge in [0, 0.05) is 18.3 Å². The lowest BCUT2D eigenvalue weighted by molar-refractivity contribution is 0.485. The van der Waals surface area contributed by atoms with Crippen LogP contribution in [0.25, 0.3) is 0 Å². The molecule has 1 aromatic heterocycles. The molecule has 0 bridgehead atoms. The summed E-state index contributed by atoms with van der Waals surface area (Å²) in [7, 11) is -3.68. The van der Waals surface area contributed by atoms with Gasteiger partial charge in [0.1, 0.15) is 0 Å². The number of rotatable bonds is 5. The zero-order chi connectivity index (χ0) is 15.5. The summed E-state index contributed by atoms with van der Waals surface area (Å²) in [6, 6.07) is 12.4. The van der Waals surface area contributed by atoms with Crippen LogP contribution in [0.4, 0.5) is 0 Å². The molecule has 0 saturated carbocycles. The van der Waals surface area contributed by atoms with Crippen molar-refractivity contribution in [1.29, 1.82) is 0 Å². The summed E-state index contributed by atoms with van der Waals surface area (Å²) in [5.74, 6) is 0. The van der Waals surface area contributed by atoms with Crippen LogP contribution in [0.3, 0.4) is 0 Å². The second kappa shape index (κ2) is 6.34. The van der Waals surface area contributed by atoms with Crippen LogP contribution in [0, 0.1) is 0 Å². The normalized spacial score (nSPS) is 14.6. The van der Waals surface area contributed by atoms with Gasteiger partial charge in [-0.1, -0.05) is 18.2 Å². The van der Waals surface area contributed by atoms with E-state index in [0.717, 1.165) is 11.3 Å². The van der Waals surface area contributed by atoms with Crippen molar-refractivity contribution in [2.45, 2.75) is 30.8 Å². The van der Waals surface area contributed by atoms with Crippen molar-refractivity contribution >= 4 is 10.0 Å². The summed E-state index contributed by atoms with van der Waals surface area (Å²) in [5.41, 5.74) is 1.80. The molecule has 1 aromatic carbocycles. The van der Waals surface area contributed by atoms with Gasteiger partial charge >= 0.3 is 0 Å². The van der Waals surface area contributed by atoms with Crippen LogP contribution in [0.5, 0.6) is 0 Å². The Morgan fingerprint density at radius 2 is 1.86 bits per heavy atom. The molecule has 1 heterocycles. The molecule has 2 rings (SSSR count). The Morgan fingerprint density at radius 3 is 2.48 bits per heavy atom. The maximum absolute atomic E-state index is 11.4. The first-order valence-corrected chi connectivity index (χ1v) is 8.22. The second-order valence-corrected chi connectivity index (χ2v) is 6.54. The van der Waals surface area contributed by atoms with Gasteiger partial charge in [0.2, 0.25) is 10.0 Å². The standard InChI is InChI=1S/C15H19N3O2S/c1-11(18-12(2)15-8-3-4-9-17-15)13-6-5-7-14(10-13)21(16,19)20/h3-12,18H,1-2H3,(H2,16,19,20). The monoisotopic (exact) mass is 305 g/mol. The average Bonchev–Trinajstić information content (AvgIpc) is 2.47. The fourth-order valence-corrected chi connectivity index (χ4v) is 2.72. The van der Waals surface area contributed by atoms with Gasteiger partial charge in [-0.25, -0.2) is 13.6 Å². The number of nitrogens with one attached hydrogen (secondary N) is 1. The third-order valence-corrected chi connectivity index (χ3v) is 4.23. The summed E-state index contributed by atoms with van der Waals surface area (Å²) in [6.07, 6.45) is 1.75. The van der Waals surface area contributed by atoms with Gasteiger partial charge in [-0.2, -0.15) is 0 Å². The van der Waals surface area contributed by atoms with Gasteiger partial charge in [0.05, 0.1) is 10.6 Å². The molecular weight excluding hydrogens is 286 g/mol. The Hall–Kier alpha value is -1.76. The highest BCUT2D eigenvalue weighted by atomic mass is 32.2. The summed E-state index contributed by atoms with van der Waals surface area (Å²) < 4.78 is 22.8. The van der Waals surface area contributed by atoms with Crippen LogP contribution in [0.2, 0.25) is 0 Å². The van der Waals surface area contributed by atoms with E-state index in [1.165, 1.54) is 6.07 Å². The number of aromatic nitrogens is 1. The van der Waals surface area contributed by atoms with Crippen LogP contribution in [-0.2, 0) is 10.0 Å². The maximum Gasteiger partial charge on any atom is 0.238 e. The van der Waals surface area contributed by atoms with Crippen molar-refractivity contribution in [2.24, 2.45) is 5.14 Å². The average molecular weight is 305 g/mol. The Labute approximate surface area is 125 Å². The zero-order valence-electron chi connectivity index (χ0n) is 12.0. The molecule has 0 aliphatic carbocycles. The van der Waals surface area contributed by atoms with Crippen LogP contribution < -0.4 is 10.5 Å². The lowest BCUT2D eigenvalue weighted by atomic mass is 10.1. The SMILES string of the molecule is CC(NC(C)c1ccccn1)c1cccc(S(N)(=O)=O)c1. The van der Waals surface area contributed by atoms with E-state index < -0.39 is 10.0 Å². The third kappa shape index (κ3) is 4.10. The Bertz CT molecular complexity index is 702. The first-order chi connectivity index (χ1) is 9.88. The number of benzene rings is 1. The topological polar surface area (TPSA) is 85.1 Å². The minimum Gasteiger partial charge on any atom is -0.302 e. The largest absolute Gasteiger partial charge is 0.302 e. The number of pyridine rings is 1. The molecule has 5 nitrogen and oxygen atoms in total. The highest BCUT2D eigenvalue weighted by molar-refractivity contribution is 7.89. The van der Waals surface area contributed by atoms with E-state index in [-0.39, 0.29) is 17.0 Å². The highest BCUT2D eigenvalue weighted by Crippen LogP contribution is 2.20. The molecule has 0 aliphatic rings. The minimum absolute atomic E-state index is 0.0243. The Morgan fingerprint density at radius 1 is 1.10 bits per heavy atom. The number of nitrogens with zero attached hydrogens (tertiary/aromatic N) is 1. The molecule has 0 saturated heterocycles. The fourth-order valence-electron chi connectivity index (χ4n) is 2.15. The van der Waals surface area contributed by atoms with Crippen molar-refractivity contribution in [3.8, 4) is 0 Å². The minimum atomic E-state index is -3.68. The van der Waals surface area contributed by atoms with Crippen molar-refractivity contribution in [2.75, 3.05) is 0 Å². The lowest BCUT2D eigenvalue weighted by Crippen LogP contribution is -2.23. The number of hydrogen-bond acceptors (Lipinski definition) is 4. The van der Waals surface area contributed by atoms with Crippen molar-refractivity contribution in [1.82, 2.24) is 10.3 Å². The summed E-state index contributed by atoms with van der Waals surface area (Å²) in [4.78, 5) is 4.43. The van der Waals surface area contributed by atoms with Crippen molar-refractivity contribution in [3.05, 3.63) is 59.9 Å². The second-order valence-electron chi connectivity index (χ2n) is 4.98. The van der Waals surface area contributed by atoms with Gasteiger partial charge in [-0.05, 0) is 43.7 Å². The Balaban J connectivity index is 2.16. The molecule has 3 N–H and O–H groups in total. The van der Waals surface area contributed by atoms with Crippen LogP contribution in [-0.4, -0.2) is 13.4 Å². The zero-order valence-corrected chi connectivity index (χ0v) is 12.8. The first kappa shape index (κ1) is 15.6. The molecule has 0 fully saturated rings. The predicted octanol–water partition coefficient (Wildman–Crippen LogP) is 2.14. The van der Waals surface area contributed by atoms with E-state index in [0.29, 0.717) is 0 Å². The van der Waals surface area contributed by atoms with E-state index in [2.05, 4.69) is 10.3 Å². The molecule has 0 spiro atoms. The van der Waals surface area contributed by atoms with Crippen LogP contribution >= 0.6 is 0 Å². The van der Waals surface area contributed by atoms with Crippen molar-refractivity contribution < 1.29 is 8.42 Å². The van der Waals surface area contributed by atoms with E-state index in [1.54, 1.807) is 18.3 Å². The molecule has 6 heteroatoms. The maximum atomic E-state index is 11.4. The smallest absolute Gasteiger partial charge is 0.238 e. The molecule has 0 amide bonds. The van der Waals surface area contributed by atoms with E-state index in [9.17, 15) is 8.42 Å². The number of primary sulfonamides is 1. The van der Waals surface area contributed by atoms with Gasteiger partial charge in [-0.3, -0.25) is 4.98 Å².